The molecule has 0 saturated heterocycles. The quantitative estimate of drug-likeness (QED) is 0.520. The lowest BCUT2D eigenvalue weighted by Gasteiger charge is -2.22. The normalized spacial score (nSPS) is 12.5. The van der Waals surface area contributed by atoms with E-state index in [-0.39, 0.29) is 0 Å². The van der Waals surface area contributed by atoms with Gasteiger partial charge in [0.1, 0.15) is 0 Å². The van der Waals surface area contributed by atoms with Crippen molar-refractivity contribution in [2.24, 2.45) is 0 Å². The minimum atomic E-state index is -3.00. The van der Waals surface area contributed by atoms with Crippen LogP contribution in [0.1, 0.15) is 20.3 Å². The van der Waals surface area contributed by atoms with Crippen LogP contribution in [0.3, 0.4) is 0 Å². The largest absolute Gasteiger partial charge is 0.314 e. The van der Waals surface area contributed by atoms with Crippen LogP contribution in [0, 0.1) is 12.3 Å². The highest BCUT2D eigenvalue weighted by atomic mass is 32.2. The third-order valence-corrected chi connectivity index (χ3v) is 4.15. The lowest BCUT2D eigenvalue weighted by molar-refractivity contribution is 0.524. The fourth-order valence-electron chi connectivity index (χ4n) is 0.681. The van der Waals surface area contributed by atoms with Crippen molar-refractivity contribution >= 4 is 9.84 Å². The smallest absolute Gasteiger partial charge is 0.153 e. The minimum absolute atomic E-state index is 0.438. The molecule has 0 radical (unpaired) electrons. The molecule has 0 amide bonds. The molecule has 0 aromatic rings. The number of terminal acetylenes is 1. The van der Waals surface area contributed by atoms with Crippen LogP contribution in [0.5, 0.6) is 0 Å². The van der Waals surface area contributed by atoms with Crippen LogP contribution in [0.15, 0.2) is 0 Å². The second-order valence-electron chi connectivity index (χ2n) is 3.66. The van der Waals surface area contributed by atoms with Gasteiger partial charge in [0.25, 0.3) is 0 Å². The van der Waals surface area contributed by atoms with Gasteiger partial charge in [0, 0.05) is 25.8 Å². The third kappa shape index (κ3) is 4.30. The second-order valence-corrected chi connectivity index (χ2v) is 6.31. The lowest BCUT2D eigenvalue weighted by Crippen LogP contribution is -2.41. The highest BCUT2D eigenvalue weighted by Gasteiger charge is 2.29. The van der Waals surface area contributed by atoms with Crippen molar-refractivity contribution in [3.63, 3.8) is 0 Å². The first-order valence-electron chi connectivity index (χ1n) is 4.15. The Morgan fingerprint density at radius 1 is 1.46 bits per heavy atom. The average molecular weight is 203 g/mol. The standard InChI is InChI=1S/C9H17NO2S/c1-5-6-7-10-8-9(2,3)13(4,11)12/h1,10H,6-8H2,2-4H3. The maximum atomic E-state index is 11.2. The van der Waals surface area contributed by atoms with E-state index >= 15 is 0 Å². The summed E-state index contributed by atoms with van der Waals surface area (Å²) in [6.07, 6.45) is 6.93. The van der Waals surface area contributed by atoms with Crippen LogP contribution in [0.2, 0.25) is 0 Å². The van der Waals surface area contributed by atoms with E-state index in [1.54, 1.807) is 13.8 Å². The number of hydrogen-bond acceptors (Lipinski definition) is 3. The summed E-state index contributed by atoms with van der Waals surface area (Å²) in [5, 5.41) is 3.01. The van der Waals surface area contributed by atoms with Gasteiger partial charge in [-0.1, -0.05) is 0 Å². The molecule has 0 aromatic carbocycles. The van der Waals surface area contributed by atoms with Gasteiger partial charge in [0.15, 0.2) is 9.84 Å². The van der Waals surface area contributed by atoms with Gasteiger partial charge in [-0.05, 0) is 13.8 Å². The summed E-state index contributed by atoms with van der Waals surface area (Å²) in [5.74, 6) is 2.48. The highest BCUT2D eigenvalue weighted by molar-refractivity contribution is 7.92. The zero-order valence-corrected chi connectivity index (χ0v) is 9.24. The molecular weight excluding hydrogens is 186 g/mol. The zero-order valence-electron chi connectivity index (χ0n) is 8.42. The maximum Gasteiger partial charge on any atom is 0.153 e. The molecule has 0 aliphatic carbocycles. The predicted octanol–water partition coefficient (Wildman–Crippen LogP) is 0.423. The van der Waals surface area contributed by atoms with E-state index in [1.807, 2.05) is 0 Å². The molecule has 0 aromatic heterocycles. The van der Waals surface area contributed by atoms with Gasteiger partial charge in [0.05, 0.1) is 4.75 Å². The maximum absolute atomic E-state index is 11.2. The average Bonchev–Trinajstić information content (AvgIpc) is 1.96. The SMILES string of the molecule is C#CCCNCC(C)(C)S(C)(=O)=O. The predicted molar refractivity (Wildman–Crippen MR) is 55.2 cm³/mol. The number of nitrogens with one attached hydrogen (secondary N) is 1. The van der Waals surface area contributed by atoms with Crippen LogP contribution < -0.4 is 5.32 Å². The van der Waals surface area contributed by atoms with E-state index in [9.17, 15) is 8.42 Å². The van der Waals surface area contributed by atoms with Crippen molar-refractivity contribution < 1.29 is 8.42 Å². The van der Waals surface area contributed by atoms with Crippen molar-refractivity contribution in [2.45, 2.75) is 25.0 Å². The molecule has 0 aliphatic heterocycles. The van der Waals surface area contributed by atoms with E-state index in [4.69, 9.17) is 6.42 Å². The third-order valence-electron chi connectivity index (χ3n) is 2.00. The van der Waals surface area contributed by atoms with Crippen LogP contribution in [0.25, 0.3) is 0 Å². The van der Waals surface area contributed by atoms with E-state index < -0.39 is 14.6 Å². The van der Waals surface area contributed by atoms with Crippen LogP contribution in [-0.4, -0.2) is 32.5 Å². The van der Waals surface area contributed by atoms with Crippen molar-refractivity contribution in [1.29, 1.82) is 0 Å². The van der Waals surface area contributed by atoms with Gasteiger partial charge >= 0.3 is 0 Å². The summed E-state index contributed by atoms with van der Waals surface area (Å²) >= 11 is 0. The molecule has 4 heteroatoms. The first-order chi connectivity index (χ1) is 5.81. The minimum Gasteiger partial charge on any atom is -0.314 e. The van der Waals surface area contributed by atoms with Gasteiger partial charge in [-0.2, -0.15) is 0 Å². The van der Waals surface area contributed by atoms with Crippen molar-refractivity contribution in [2.75, 3.05) is 19.3 Å². The zero-order chi connectivity index (χ0) is 10.5. The Bertz CT molecular complexity index is 285. The first kappa shape index (κ1) is 12.5. The van der Waals surface area contributed by atoms with Crippen molar-refractivity contribution in [3.8, 4) is 12.3 Å². The fraction of sp³-hybridized carbons (Fsp3) is 0.778. The lowest BCUT2D eigenvalue weighted by atomic mass is 10.2. The Labute approximate surface area is 80.8 Å². The van der Waals surface area contributed by atoms with Gasteiger partial charge in [-0.15, -0.1) is 12.3 Å². The highest BCUT2D eigenvalue weighted by Crippen LogP contribution is 2.12. The summed E-state index contributed by atoms with van der Waals surface area (Å²) in [6.45, 7) is 4.50. The van der Waals surface area contributed by atoms with Gasteiger partial charge in [0.2, 0.25) is 0 Å². The van der Waals surface area contributed by atoms with Gasteiger partial charge < -0.3 is 5.32 Å². The van der Waals surface area contributed by atoms with Crippen molar-refractivity contribution in [3.05, 3.63) is 0 Å². The van der Waals surface area contributed by atoms with Crippen molar-refractivity contribution in [1.82, 2.24) is 5.32 Å². The molecule has 0 heterocycles. The molecule has 3 nitrogen and oxygen atoms in total. The molecule has 0 saturated carbocycles. The summed E-state index contributed by atoms with van der Waals surface area (Å²) in [5.41, 5.74) is 0. The molecule has 0 bridgehead atoms. The number of sulfone groups is 1. The Morgan fingerprint density at radius 2 is 2.00 bits per heavy atom. The molecule has 0 spiro atoms. The van der Waals surface area contributed by atoms with Gasteiger partial charge in [-0.25, -0.2) is 8.42 Å². The molecular formula is C9H17NO2S. The van der Waals surface area contributed by atoms with Crippen LogP contribution in [0.4, 0.5) is 0 Å². The molecule has 13 heavy (non-hydrogen) atoms. The Kier molecular flexibility index (Phi) is 4.45. The molecule has 0 fully saturated rings. The Morgan fingerprint density at radius 3 is 2.38 bits per heavy atom. The first-order valence-corrected chi connectivity index (χ1v) is 6.04. The Hall–Kier alpha value is -0.530. The Balaban J connectivity index is 4.00. The number of hydrogen-bond donors (Lipinski definition) is 1. The van der Waals surface area contributed by atoms with Crippen LogP contribution >= 0.6 is 0 Å². The molecule has 0 rings (SSSR count). The van der Waals surface area contributed by atoms with Crippen LogP contribution in [-0.2, 0) is 9.84 Å². The molecule has 1 N–H and O–H groups in total. The molecule has 0 atom stereocenters. The molecule has 0 aliphatic rings. The van der Waals surface area contributed by atoms with E-state index in [0.29, 0.717) is 19.5 Å². The molecule has 76 valence electrons. The van der Waals surface area contributed by atoms with E-state index in [2.05, 4.69) is 11.2 Å². The topological polar surface area (TPSA) is 46.2 Å². The summed E-state index contributed by atoms with van der Waals surface area (Å²) in [6, 6.07) is 0. The van der Waals surface area contributed by atoms with E-state index in [1.165, 1.54) is 6.26 Å². The monoisotopic (exact) mass is 203 g/mol. The summed E-state index contributed by atoms with van der Waals surface area (Å²) < 4.78 is 21.8. The number of rotatable bonds is 5. The molecule has 0 unspecified atom stereocenters. The second kappa shape index (κ2) is 4.64. The van der Waals surface area contributed by atoms with E-state index in [0.717, 1.165) is 0 Å². The van der Waals surface area contributed by atoms with Gasteiger partial charge in [-0.3, -0.25) is 0 Å². The fourth-order valence-corrected chi connectivity index (χ4v) is 1.05. The summed E-state index contributed by atoms with van der Waals surface area (Å²) in [7, 11) is -3.00. The summed E-state index contributed by atoms with van der Waals surface area (Å²) in [4.78, 5) is 0.